The lowest BCUT2D eigenvalue weighted by molar-refractivity contribution is 0.260. The van der Waals surface area contributed by atoms with Gasteiger partial charge in [-0.1, -0.05) is 23.2 Å². The van der Waals surface area contributed by atoms with Crippen LogP contribution in [0.15, 0.2) is 18.2 Å². The Hall–Kier alpha value is -0.480. The third-order valence-corrected chi connectivity index (χ3v) is 4.06. The number of halogens is 2. The van der Waals surface area contributed by atoms with Crippen molar-refractivity contribution in [1.82, 2.24) is 10.2 Å². The second kappa shape index (κ2) is 6.62. The zero-order valence-corrected chi connectivity index (χ0v) is 12.1. The number of hydrogen-bond acceptors (Lipinski definition) is 3. The molecule has 0 unspecified atom stereocenters. The Labute approximate surface area is 119 Å². The van der Waals surface area contributed by atoms with Gasteiger partial charge >= 0.3 is 0 Å². The van der Waals surface area contributed by atoms with Gasteiger partial charge in [0, 0.05) is 45.0 Å². The minimum atomic E-state index is 0.619. The van der Waals surface area contributed by atoms with Gasteiger partial charge in [0.05, 0.1) is 10.0 Å². The summed E-state index contributed by atoms with van der Waals surface area (Å²) in [5.41, 5.74) is 1.16. The average Bonchev–Trinajstić information content (AvgIpc) is 2.40. The number of rotatable bonds is 4. The molecule has 0 amide bonds. The molecule has 100 valence electrons. The van der Waals surface area contributed by atoms with Crippen LogP contribution in [0.4, 0.5) is 5.69 Å². The molecule has 0 saturated carbocycles. The molecule has 18 heavy (non-hydrogen) atoms. The smallest absolute Gasteiger partial charge is 0.0612 e. The van der Waals surface area contributed by atoms with Crippen LogP contribution < -0.4 is 10.2 Å². The molecule has 3 nitrogen and oxygen atoms in total. The quantitative estimate of drug-likeness (QED) is 0.917. The molecule has 0 atom stereocenters. The SMILES string of the molecule is CNCCN1CCN(c2ccc(Cl)c(Cl)c2)CC1. The molecule has 5 heteroatoms. The fraction of sp³-hybridized carbons (Fsp3) is 0.538. The van der Waals surface area contributed by atoms with Crippen molar-refractivity contribution in [3.63, 3.8) is 0 Å². The first kappa shape index (κ1) is 13.9. The molecule has 1 saturated heterocycles. The first-order chi connectivity index (χ1) is 8.70. The highest BCUT2D eigenvalue weighted by atomic mass is 35.5. The molecule has 1 aliphatic heterocycles. The number of anilines is 1. The summed E-state index contributed by atoms with van der Waals surface area (Å²) in [6, 6.07) is 5.86. The van der Waals surface area contributed by atoms with E-state index >= 15 is 0 Å². The van der Waals surface area contributed by atoms with Crippen LogP contribution in [-0.4, -0.2) is 51.2 Å². The van der Waals surface area contributed by atoms with Gasteiger partial charge in [0.15, 0.2) is 0 Å². The number of nitrogens with zero attached hydrogens (tertiary/aromatic N) is 2. The topological polar surface area (TPSA) is 18.5 Å². The summed E-state index contributed by atoms with van der Waals surface area (Å²) in [5.74, 6) is 0. The van der Waals surface area contributed by atoms with Crippen molar-refractivity contribution >= 4 is 28.9 Å². The molecule has 0 aromatic heterocycles. The Balaban J connectivity index is 1.90. The maximum atomic E-state index is 6.05. The molecule has 0 radical (unpaired) electrons. The highest BCUT2D eigenvalue weighted by molar-refractivity contribution is 6.42. The minimum absolute atomic E-state index is 0.619. The van der Waals surface area contributed by atoms with Crippen LogP contribution in [0.25, 0.3) is 0 Å². The number of likely N-dealkylation sites (N-methyl/N-ethyl adjacent to an activating group) is 1. The second-order valence-electron chi connectivity index (χ2n) is 4.53. The van der Waals surface area contributed by atoms with Crippen molar-refractivity contribution in [1.29, 1.82) is 0 Å². The fourth-order valence-electron chi connectivity index (χ4n) is 2.18. The Morgan fingerprint density at radius 3 is 2.44 bits per heavy atom. The minimum Gasteiger partial charge on any atom is -0.369 e. The van der Waals surface area contributed by atoms with E-state index < -0.39 is 0 Å². The second-order valence-corrected chi connectivity index (χ2v) is 5.35. The van der Waals surface area contributed by atoms with Gasteiger partial charge in [-0.25, -0.2) is 0 Å². The van der Waals surface area contributed by atoms with Crippen LogP contribution in [0.2, 0.25) is 10.0 Å². The summed E-state index contributed by atoms with van der Waals surface area (Å²) in [6.45, 7) is 6.45. The van der Waals surface area contributed by atoms with E-state index in [-0.39, 0.29) is 0 Å². The normalized spacial score (nSPS) is 17.2. The Bertz CT molecular complexity index is 390. The van der Waals surface area contributed by atoms with E-state index in [0.717, 1.165) is 45.0 Å². The largest absolute Gasteiger partial charge is 0.369 e. The summed E-state index contributed by atoms with van der Waals surface area (Å²) in [6.07, 6.45) is 0. The van der Waals surface area contributed by atoms with Crippen LogP contribution in [0.5, 0.6) is 0 Å². The molecule has 0 aliphatic carbocycles. The Kier molecular flexibility index (Phi) is 5.13. The van der Waals surface area contributed by atoms with Crippen LogP contribution in [0.3, 0.4) is 0 Å². The maximum absolute atomic E-state index is 6.05. The third-order valence-electron chi connectivity index (χ3n) is 3.32. The van der Waals surface area contributed by atoms with Crippen LogP contribution in [-0.2, 0) is 0 Å². The monoisotopic (exact) mass is 287 g/mol. The van der Waals surface area contributed by atoms with Crippen molar-refractivity contribution in [2.75, 3.05) is 51.2 Å². The molecular weight excluding hydrogens is 269 g/mol. The molecular formula is C13H19Cl2N3. The van der Waals surface area contributed by atoms with E-state index in [1.54, 1.807) is 0 Å². The standard InChI is InChI=1S/C13H19Cl2N3/c1-16-4-5-17-6-8-18(9-7-17)11-2-3-12(14)13(15)10-11/h2-3,10,16H,4-9H2,1H3. The van der Waals surface area contributed by atoms with E-state index in [2.05, 4.69) is 15.1 Å². The van der Waals surface area contributed by atoms with E-state index in [1.165, 1.54) is 0 Å². The van der Waals surface area contributed by atoms with Crippen LogP contribution in [0.1, 0.15) is 0 Å². The van der Waals surface area contributed by atoms with Gasteiger partial charge in [0.2, 0.25) is 0 Å². The van der Waals surface area contributed by atoms with Gasteiger partial charge in [0.25, 0.3) is 0 Å². The van der Waals surface area contributed by atoms with Crippen molar-refractivity contribution in [2.45, 2.75) is 0 Å². The van der Waals surface area contributed by atoms with E-state index in [1.807, 2.05) is 25.2 Å². The molecule has 1 heterocycles. The van der Waals surface area contributed by atoms with Crippen molar-refractivity contribution in [2.24, 2.45) is 0 Å². The highest BCUT2D eigenvalue weighted by Gasteiger charge is 2.17. The maximum Gasteiger partial charge on any atom is 0.0612 e. The fourth-order valence-corrected chi connectivity index (χ4v) is 2.47. The first-order valence-electron chi connectivity index (χ1n) is 6.27. The predicted molar refractivity (Wildman–Crippen MR) is 79.0 cm³/mol. The van der Waals surface area contributed by atoms with Gasteiger partial charge in [-0.15, -0.1) is 0 Å². The zero-order valence-electron chi connectivity index (χ0n) is 10.6. The highest BCUT2D eigenvalue weighted by Crippen LogP contribution is 2.27. The van der Waals surface area contributed by atoms with Gasteiger partial charge in [-0.05, 0) is 25.2 Å². The molecule has 0 spiro atoms. The van der Waals surface area contributed by atoms with Gasteiger partial charge < -0.3 is 10.2 Å². The summed E-state index contributed by atoms with van der Waals surface area (Å²) in [5, 5.41) is 4.43. The Morgan fingerprint density at radius 1 is 1.11 bits per heavy atom. The number of nitrogens with one attached hydrogen (secondary N) is 1. The van der Waals surface area contributed by atoms with E-state index in [9.17, 15) is 0 Å². The molecule has 1 aliphatic rings. The molecule has 1 fully saturated rings. The lowest BCUT2D eigenvalue weighted by atomic mass is 10.2. The summed E-state index contributed by atoms with van der Waals surface area (Å²) >= 11 is 12.0. The number of hydrogen-bond donors (Lipinski definition) is 1. The van der Waals surface area contributed by atoms with Gasteiger partial charge in [0.1, 0.15) is 0 Å². The number of piperazine rings is 1. The molecule has 1 aromatic carbocycles. The zero-order chi connectivity index (χ0) is 13.0. The molecule has 2 rings (SSSR count). The van der Waals surface area contributed by atoms with Gasteiger partial charge in [-0.3, -0.25) is 4.90 Å². The molecule has 0 bridgehead atoms. The summed E-state index contributed by atoms with van der Waals surface area (Å²) in [7, 11) is 1.99. The third kappa shape index (κ3) is 3.51. The van der Waals surface area contributed by atoms with Gasteiger partial charge in [-0.2, -0.15) is 0 Å². The average molecular weight is 288 g/mol. The number of benzene rings is 1. The van der Waals surface area contributed by atoms with Crippen molar-refractivity contribution < 1.29 is 0 Å². The van der Waals surface area contributed by atoms with Crippen molar-refractivity contribution in [3.05, 3.63) is 28.2 Å². The lowest BCUT2D eigenvalue weighted by Gasteiger charge is -2.36. The summed E-state index contributed by atoms with van der Waals surface area (Å²) in [4.78, 5) is 4.84. The predicted octanol–water partition coefficient (Wildman–Crippen LogP) is 2.33. The summed E-state index contributed by atoms with van der Waals surface area (Å²) < 4.78 is 0. The first-order valence-corrected chi connectivity index (χ1v) is 7.03. The van der Waals surface area contributed by atoms with E-state index in [0.29, 0.717) is 10.0 Å². The van der Waals surface area contributed by atoms with Crippen LogP contribution >= 0.6 is 23.2 Å². The van der Waals surface area contributed by atoms with E-state index in [4.69, 9.17) is 23.2 Å². The van der Waals surface area contributed by atoms with Crippen molar-refractivity contribution in [3.8, 4) is 0 Å². The molecule has 1 aromatic rings. The Morgan fingerprint density at radius 2 is 1.83 bits per heavy atom. The lowest BCUT2D eigenvalue weighted by Crippen LogP contribution is -2.48. The molecule has 1 N–H and O–H groups in total. The van der Waals surface area contributed by atoms with Crippen LogP contribution in [0, 0.1) is 0 Å².